The molecule has 0 aromatic carbocycles. The Hall–Kier alpha value is -1.14. The number of hydrogen-bond acceptors (Lipinski definition) is 5. The summed E-state index contributed by atoms with van der Waals surface area (Å²) in [4.78, 5) is 28.0. The van der Waals surface area contributed by atoms with Crippen LogP contribution in [0.2, 0.25) is 0 Å². The lowest BCUT2D eigenvalue weighted by Gasteiger charge is -2.25. The molecule has 0 aromatic rings. The second kappa shape index (κ2) is 3.46. The van der Waals surface area contributed by atoms with Crippen molar-refractivity contribution in [3.05, 3.63) is 0 Å². The number of rotatable bonds is 2. The van der Waals surface area contributed by atoms with Crippen LogP contribution >= 0.6 is 0 Å². The number of hydrogen-bond donors (Lipinski definition) is 1. The Morgan fingerprint density at radius 1 is 1.60 bits per heavy atom. The summed E-state index contributed by atoms with van der Waals surface area (Å²) in [5.74, 6) is -0.878. The summed E-state index contributed by atoms with van der Waals surface area (Å²) in [6, 6.07) is 0. The molecule has 84 valence electrons. The van der Waals surface area contributed by atoms with Crippen LogP contribution in [0.4, 0.5) is 0 Å². The van der Waals surface area contributed by atoms with Gasteiger partial charge in [-0.2, -0.15) is 5.06 Å². The van der Waals surface area contributed by atoms with E-state index in [9.17, 15) is 9.59 Å². The van der Waals surface area contributed by atoms with Crippen LogP contribution in [0.3, 0.4) is 0 Å². The van der Waals surface area contributed by atoms with Crippen LogP contribution in [0.25, 0.3) is 0 Å². The van der Waals surface area contributed by atoms with E-state index in [1.165, 1.54) is 7.11 Å². The second-order valence-corrected chi connectivity index (χ2v) is 3.93. The van der Waals surface area contributed by atoms with Crippen molar-refractivity contribution in [2.75, 3.05) is 13.7 Å². The van der Waals surface area contributed by atoms with Crippen LogP contribution in [0, 0.1) is 0 Å². The van der Waals surface area contributed by atoms with Gasteiger partial charge in [0.15, 0.2) is 6.10 Å². The molecule has 15 heavy (non-hydrogen) atoms. The van der Waals surface area contributed by atoms with Gasteiger partial charge >= 0.3 is 5.97 Å². The van der Waals surface area contributed by atoms with E-state index in [0.29, 0.717) is 19.4 Å². The Labute approximate surface area is 87.3 Å². The van der Waals surface area contributed by atoms with Crippen molar-refractivity contribution in [1.82, 2.24) is 5.06 Å². The van der Waals surface area contributed by atoms with E-state index >= 15 is 0 Å². The maximum atomic E-state index is 11.7. The van der Waals surface area contributed by atoms with Gasteiger partial charge < -0.3 is 10.5 Å². The number of carbonyl (C=O) groups is 2. The molecule has 6 heteroatoms. The minimum Gasteiger partial charge on any atom is -0.468 e. The Kier molecular flexibility index (Phi) is 2.40. The molecule has 2 heterocycles. The predicted molar refractivity (Wildman–Crippen MR) is 49.4 cm³/mol. The lowest BCUT2D eigenvalue weighted by Crippen LogP contribution is -2.46. The van der Waals surface area contributed by atoms with Gasteiger partial charge in [-0.25, -0.2) is 4.79 Å². The van der Waals surface area contributed by atoms with Crippen molar-refractivity contribution < 1.29 is 19.2 Å². The zero-order chi connectivity index (χ0) is 11.1. The van der Waals surface area contributed by atoms with E-state index in [1.54, 1.807) is 5.06 Å². The number of esters is 1. The maximum Gasteiger partial charge on any atom is 0.328 e. The second-order valence-electron chi connectivity index (χ2n) is 3.93. The summed E-state index contributed by atoms with van der Waals surface area (Å²) in [6.07, 6.45) is 1.11. The molecule has 0 spiro atoms. The van der Waals surface area contributed by atoms with E-state index in [0.717, 1.165) is 6.42 Å². The SMILES string of the molecule is COC(=O)[C@]12CCCN1O[C@H](C(N)=O)C2. The molecule has 2 rings (SSSR count). The standard InChI is InChI=1S/C9H14N2O4/c1-14-8(13)9-3-2-4-11(9)15-6(5-9)7(10)12/h6H,2-5H2,1H3,(H2,10,12)/t6-,9+/m0/s1. The predicted octanol–water partition coefficient (Wildman–Crippen LogP) is -0.817. The average Bonchev–Trinajstić information content (AvgIpc) is 2.72. The van der Waals surface area contributed by atoms with E-state index in [2.05, 4.69) is 0 Å². The van der Waals surface area contributed by atoms with Gasteiger partial charge in [-0.1, -0.05) is 0 Å². The zero-order valence-electron chi connectivity index (χ0n) is 8.56. The molecule has 1 amide bonds. The van der Waals surface area contributed by atoms with E-state index in [-0.39, 0.29) is 5.97 Å². The molecular formula is C9H14N2O4. The summed E-state index contributed by atoms with van der Waals surface area (Å²) >= 11 is 0. The fourth-order valence-electron chi connectivity index (χ4n) is 2.34. The van der Waals surface area contributed by atoms with Crippen LogP contribution < -0.4 is 5.73 Å². The van der Waals surface area contributed by atoms with Gasteiger partial charge in [0.2, 0.25) is 5.91 Å². The zero-order valence-corrected chi connectivity index (χ0v) is 8.56. The third-order valence-electron chi connectivity index (χ3n) is 3.09. The van der Waals surface area contributed by atoms with Gasteiger partial charge in [-0.3, -0.25) is 9.63 Å². The highest BCUT2D eigenvalue weighted by atomic mass is 16.7. The summed E-state index contributed by atoms with van der Waals surface area (Å²) in [5.41, 5.74) is 4.38. The van der Waals surface area contributed by atoms with Crippen molar-refractivity contribution in [2.24, 2.45) is 5.73 Å². The Morgan fingerprint density at radius 3 is 2.93 bits per heavy atom. The first-order valence-electron chi connectivity index (χ1n) is 4.92. The molecule has 2 aliphatic rings. The minimum absolute atomic E-state index is 0.301. The van der Waals surface area contributed by atoms with Crippen molar-refractivity contribution in [3.63, 3.8) is 0 Å². The summed E-state index contributed by atoms with van der Waals surface area (Å²) in [5, 5.41) is 1.55. The summed E-state index contributed by atoms with van der Waals surface area (Å²) in [6.45, 7) is 0.638. The third-order valence-corrected chi connectivity index (χ3v) is 3.09. The van der Waals surface area contributed by atoms with Crippen LogP contribution in [-0.4, -0.2) is 42.2 Å². The third kappa shape index (κ3) is 1.40. The van der Waals surface area contributed by atoms with Gasteiger partial charge in [0, 0.05) is 13.0 Å². The minimum atomic E-state index is -0.783. The number of fused-ring (bicyclic) bond motifs is 1. The molecule has 2 aliphatic heterocycles. The molecule has 2 N–H and O–H groups in total. The Balaban J connectivity index is 2.22. The highest BCUT2D eigenvalue weighted by Gasteiger charge is 2.57. The molecule has 0 radical (unpaired) electrons. The molecule has 2 fully saturated rings. The average molecular weight is 214 g/mol. The lowest BCUT2D eigenvalue weighted by atomic mass is 9.91. The van der Waals surface area contributed by atoms with E-state index in [4.69, 9.17) is 15.3 Å². The molecule has 0 unspecified atom stereocenters. The number of hydroxylamine groups is 2. The van der Waals surface area contributed by atoms with Crippen LogP contribution in [0.15, 0.2) is 0 Å². The van der Waals surface area contributed by atoms with E-state index < -0.39 is 17.6 Å². The number of amides is 1. The van der Waals surface area contributed by atoms with Crippen LogP contribution in [0.5, 0.6) is 0 Å². The molecular weight excluding hydrogens is 200 g/mol. The molecule has 0 aromatic heterocycles. The largest absolute Gasteiger partial charge is 0.468 e. The van der Waals surface area contributed by atoms with Crippen molar-refractivity contribution in [3.8, 4) is 0 Å². The molecule has 2 saturated heterocycles. The monoisotopic (exact) mass is 214 g/mol. The van der Waals surface area contributed by atoms with Gasteiger partial charge in [-0.15, -0.1) is 0 Å². The first kappa shape index (κ1) is 10.4. The molecule has 6 nitrogen and oxygen atoms in total. The Morgan fingerprint density at radius 2 is 2.33 bits per heavy atom. The van der Waals surface area contributed by atoms with E-state index in [1.807, 2.05) is 0 Å². The van der Waals surface area contributed by atoms with Gasteiger partial charge in [0.25, 0.3) is 0 Å². The maximum absolute atomic E-state index is 11.7. The fourth-order valence-corrected chi connectivity index (χ4v) is 2.34. The first-order chi connectivity index (χ1) is 7.10. The molecule has 0 bridgehead atoms. The number of methoxy groups -OCH3 is 1. The van der Waals surface area contributed by atoms with Gasteiger partial charge in [0.05, 0.1) is 7.11 Å². The smallest absolute Gasteiger partial charge is 0.328 e. The number of carbonyl (C=O) groups excluding carboxylic acids is 2. The summed E-state index contributed by atoms with van der Waals surface area (Å²) in [7, 11) is 1.34. The number of ether oxygens (including phenoxy) is 1. The molecule has 2 atom stereocenters. The number of primary amides is 1. The molecule has 0 saturated carbocycles. The first-order valence-corrected chi connectivity index (χ1v) is 4.92. The summed E-state index contributed by atoms with van der Waals surface area (Å²) < 4.78 is 4.75. The van der Waals surface area contributed by atoms with Gasteiger partial charge in [0.1, 0.15) is 5.54 Å². The normalized spacial score (nSPS) is 35.1. The highest BCUT2D eigenvalue weighted by Crippen LogP contribution is 2.41. The quantitative estimate of drug-likeness (QED) is 0.607. The number of nitrogens with two attached hydrogens (primary N) is 1. The fraction of sp³-hybridized carbons (Fsp3) is 0.778. The highest BCUT2D eigenvalue weighted by molar-refractivity contribution is 5.85. The number of nitrogens with zero attached hydrogens (tertiary/aromatic N) is 1. The Bertz CT molecular complexity index is 306. The lowest BCUT2D eigenvalue weighted by molar-refractivity contribution is -0.191. The van der Waals surface area contributed by atoms with Crippen LogP contribution in [-0.2, 0) is 19.2 Å². The van der Waals surface area contributed by atoms with Gasteiger partial charge in [-0.05, 0) is 12.8 Å². The van der Waals surface area contributed by atoms with Crippen molar-refractivity contribution in [2.45, 2.75) is 30.9 Å². The van der Waals surface area contributed by atoms with Crippen LogP contribution in [0.1, 0.15) is 19.3 Å². The van der Waals surface area contributed by atoms with Crippen molar-refractivity contribution >= 4 is 11.9 Å². The topological polar surface area (TPSA) is 81.9 Å². The molecule has 0 aliphatic carbocycles. The van der Waals surface area contributed by atoms with Crippen molar-refractivity contribution in [1.29, 1.82) is 0 Å².